The Morgan fingerprint density at radius 2 is 1.72 bits per heavy atom. The Hall–Kier alpha value is -3.75. The van der Waals surface area contributed by atoms with Crippen LogP contribution in [0.5, 0.6) is 17.2 Å². The van der Waals surface area contributed by atoms with Crippen molar-refractivity contribution in [3.8, 4) is 17.2 Å². The van der Waals surface area contributed by atoms with Gasteiger partial charge in [-0.25, -0.2) is 0 Å². The van der Waals surface area contributed by atoms with Crippen molar-refractivity contribution in [3.05, 3.63) is 41.5 Å². The number of carbonyl (C=O) groups excluding carboxylic acids is 3. The number of unbranched alkanes of at least 4 members (excludes halogenated alkanes) is 1. The largest absolute Gasteiger partial charge is 0.493 e. The molecular formula is C23H27N3O6. The van der Waals surface area contributed by atoms with Crippen LogP contribution in [0.3, 0.4) is 0 Å². The molecule has 9 heteroatoms. The molecule has 0 spiro atoms. The number of rotatable bonds is 8. The number of fused-ring (bicyclic) bond motifs is 1. The first kappa shape index (κ1) is 22.9. The Kier molecular flexibility index (Phi) is 7.19. The summed E-state index contributed by atoms with van der Waals surface area (Å²) in [5.41, 5.74) is 1.56. The molecule has 0 aliphatic carbocycles. The molecule has 0 fully saturated rings. The van der Waals surface area contributed by atoms with E-state index in [1.807, 2.05) is 6.92 Å². The molecule has 0 saturated heterocycles. The van der Waals surface area contributed by atoms with E-state index in [0.29, 0.717) is 40.7 Å². The van der Waals surface area contributed by atoms with E-state index in [9.17, 15) is 14.4 Å². The van der Waals surface area contributed by atoms with Crippen LogP contribution < -0.4 is 29.7 Å². The topological polar surface area (TPSA) is 106 Å². The van der Waals surface area contributed by atoms with Crippen LogP contribution in [0.1, 0.15) is 40.5 Å². The van der Waals surface area contributed by atoms with Crippen LogP contribution in [0.25, 0.3) is 0 Å². The van der Waals surface area contributed by atoms with Crippen LogP contribution >= 0.6 is 0 Å². The highest BCUT2D eigenvalue weighted by atomic mass is 16.5. The van der Waals surface area contributed by atoms with Gasteiger partial charge >= 0.3 is 0 Å². The summed E-state index contributed by atoms with van der Waals surface area (Å²) in [4.78, 5) is 39.4. The summed E-state index contributed by atoms with van der Waals surface area (Å²) in [7, 11) is 4.40. The quantitative estimate of drug-likeness (QED) is 0.610. The molecular weight excluding hydrogens is 414 g/mol. The first-order chi connectivity index (χ1) is 15.4. The first-order valence-corrected chi connectivity index (χ1v) is 10.3. The van der Waals surface area contributed by atoms with E-state index in [4.69, 9.17) is 14.2 Å². The van der Waals surface area contributed by atoms with E-state index in [-0.39, 0.29) is 23.9 Å². The van der Waals surface area contributed by atoms with E-state index in [2.05, 4.69) is 10.6 Å². The van der Waals surface area contributed by atoms with Crippen LogP contribution in [0.2, 0.25) is 0 Å². The van der Waals surface area contributed by atoms with Crippen LogP contribution in [-0.2, 0) is 4.79 Å². The average Bonchev–Trinajstić information content (AvgIpc) is 2.81. The summed E-state index contributed by atoms with van der Waals surface area (Å²) in [6, 6.07) is 7.92. The molecule has 0 bridgehead atoms. The highest BCUT2D eigenvalue weighted by Crippen LogP contribution is 2.39. The SMILES string of the molecule is CCCCNC(=O)c1ccc2c(c1)NC(=O)CN2C(=O)c1cc(OC)c(OC)c(OC)c1. The normalized spacial score (nSPS) is 12.5. The fourth-order valence-electron chi connectivity index (χ4n) is 3.45. The third-order valence-corrected chi connectivity index (χ3v) is 5.10. The molecule has 2 N–H and O–H groups in total. The van der Waals surface area contributed by atoms with Gasteiger partial charge in [0.1, 0.15) is 6.54 Å². The Balaban J connectivity index is 1.94. The molecule has 170 valence electrons. The van der Waals surface area contributed by atoms with Gasteiger partial charge in [0.05, 0.1) is 32.7 Å². The number of carbonyl (C=O) groups is 3. The van der Waals surface area contributed by atoms with E-state index in [1.165, 1.54) is 38.4 Å². The summed E-state index contributed by atoms with van der Waals surface area (Å²) in [6.45, 7) is 2.45. The molecule has 32 heavy (non-hydrogen) atoms. The Morgan fingerprint density at radius 3 is 2.31 bits per heavy atom. The number of methoxy groups -OCH3 is 3. The number of benzene rings is 2. The summed E-state index contributed by atoms with van der Waals surface area (Å²) in [6.07, 6.45) is 1.85. The highest BCUT2D eigenvalue weighted by Gasteiger charge is 2.30. The lowest BCUT2D eigenvalue weighted by atomic mass is 10.1. The Morgan fingerprint density at radius 1 is 1.03 bits per heavy atom. The van der Waals surface area contributed by atoms with Crippen molar-refractivity contribution in [2.45, 2.75) is 19.8 Å². The number of hydrogen-bond acceptors (Lipinski definition) is 6. The van der Waals surface area contributed by atoms with Gasteiger partial charge in [0, 0.05) is 17.7 Å². The number of anilines is 2. The number of hydrogen-bond donors (Lipinski definition) is 2. The Bertz CT molecular complexity index is 1010. The highest BCUT2D eigenvalue weighted by molar-refractivity contribution is 6.16. The minimum absolute atomic E-state index is 0.162. The van der Waals surface area contributed by atoms with Gasteiger partial charge in [0.15, 0.2) is 11.5 Å². The monoisotopic (exact) mass is 441 g/mol. The maximum absolute atomic E-state index is 13.4. The fourth-order valence-corrected chi connectivity index (χ4v) is 3.45. The third-order valence-electron chi connectivity index (χ3n) is 5.10. The lowest BCUT2D eigenvalue weighted by molar-refractivity contribution is -0.115. The average molecular weight is 441 g/mol. The van der Waals surface area contributed by atoms with Crippen molar-refractivity contribution in [2.24, 2.45) is 0 Å². The molecule has 3 amide bonds. The van der Waals surface area contributed by atoms with Crippen LogP contribution in [0.15, 0.2) is 30.3 Å². The fraction of sp³-hybridized carbons (Fsp3) is 0.348. The zero-order valence-corrected chi connectivity index (χ0v) is 18.6. The number of nitrogens with zero attached hydrogens (tertiary/aromatic N) is 1. The molecule has 2 aromatic rings. The van der Waals surface area contributed by atoms with E-state index >= 15 is 0 Å². The van der Waals surface area contributed by atoms with Crippen molar-refractivity contribution in [1.29, 1.82) is 0 Å². The third kappa shape index (κ3) is 4.61. The molecule has 0 unspecified atom stereocenters. The maximum Gasteiger partial charge on any atom is 0.259 e. The lowest BCUT2D eigenvalue weighted by Gasteiger charge is -2.30. The predicted molar refractivity (Wildman–Crippen MR) is 120 cm³/mol. The number of ether oxygens (including phenoxy) is 3. The Labute approximate surface area is 186 Å². The molecule has 0 aromatic heterocycles. The van der Waals surface area contributed by atoms with Crippen LogP contribution in [0.4, 0.5) is 11.4 Å². The van der Waals surface area contributed by atoms with Gasteiger partial charge in [-0.1, -0.05) is 13.3 Å². The molecule has 0 saturated carbocycles. The van der Waals surface area contributed by atoms with Crippen molar-refractivity contribution >= 4 is 29.1 Å². The van der Waals surface area contributed by atoms with Gasteiger partial charge in [-0.2, -0.15) is 0 Å². The first-order valence-electron chi connectivity index (χ1n) is 10.3. The second-order valence-electron chi connectivity index (χ2n) is 7.19. The van der Waals surface area contributed by atoms with Crippen molar-refractivity contribution in [3.63, 3.8) is 0 Å². The summed E-state index contributed by atoms with van der Waals surface area (Å²) in [5.74, 6) is 0.0138. The zero-order chi connectivity index (χ0) is 23.3. The molecule has 3 rings (SSSR count). The molecule has 0 atom stereocenters. The van der Waals surface area contributed by atoms with Gasteiger partial charge in [-0.3, -0.25) is 19.3 Å². The van der Waals surface area contributed by atoms with Crippen molar-refractivity contribution in [1.82, 2.24) is 5.32 Å². The minimum atomic E-state index is -0.416. The van der Waals surface area contributed by atoms with Gasteiger partial charge in [-0.05, 0) is 36.8 Å². The van der Waals surface area contributed by atoms with Crippen LogP contribution in [0, 0.1) is 0 Å². The van der Waals surface area contributed by atoms with Crippen LogP contribution in [-0.4, -0.2) is 52.1 Å². The zero-order valence-electron chi connectivity index (χ0n) is 18.6. The van der Waals surface area contributed by atoms with Gasteiger partial charge in [0.2, 0.25) is 11.7 Å². The minimum Gasteiger partial charge on any atom is -0.493 e. The number of amides is 3. The lowest BCUT2D eigenvalue weighted by Crippen LogP contribution is -2.42. The summed E-state index contributed by atoms with van der Waals surface area (Å²) >= 11 is 0. The van der Waals surface area contributed by atoms with E-state index in [1.54, 1.807) is 18.2 Å². The number of nitrogens with one attached hydrogen (secondary N) is 2. The molecule has 1 aliphatic heterocycles. The second-order valence-corrected chi connectivity index (χ2v) is 7.19. The van der Waals surface area contributed by atoms with Gasteiger partial charge < -0.3 is 24.8 Å². The predicted octanol–water partition coefficient (Wildman–Crippen LogP) is 2.84. The molecule has 0 radical (unpaired) electrons. The molecule has 9 nitrogen and oxygen atoms in total. The van der Waals surface area contributed by atoms with Gasteiger partial charge in [0.25, 0.3) is 11.8 Å². The summed E-state index contributed by atoms with van der Waals surface area (Å²) in [5, 5.41) is 5.58. The van der Waals surface area contributed by atoms with Gasteiger partial charge in [-0.15, -0.1) is 0 Å². The van der Waals surface area contributed by atoms with Crippen molar-refractivity contribution < 1.29 is 28.6 Å². The molecule has 2 aromatic carbocycles. The molecule has 1 heterocycles. The smallest absolute Gasteiger partial charge is 0.259 e. The van der Waals surface area contributed by atoms with Crippen molar-refractivity contribution in [2.75, 3.05) is 44.6 Å². The van der Waals surface area contributed by atoms with E-state index in [0.717, 1.165) is 12.8 Å². The summed E-state index contributed by atoms with van der Waals surface area (Å²) < 4.78 is 16.0. The standard InChI is InChI=1S/C23H27N3O6/c1-5-6-9-24-22(28)14-7-8-17-16(10-14)25-20(27)13-26(17)23(29)15-11-18(30-2)21(32-4)19(12-15)31-3/h7-8,10-12H,5-6,9,13H2,1-4H3,(H,24,28)(H,25,27). The van der Waals surface area contributed by atoms with E-state index < -0.39 is 5.91 Å². The second kappa shape index (κ2) is 10.0. The molecule has 1 aliphatic rings. The maximum atomic E-state index is 13.4.